The minimum Gasteiger partial charge on any atom is -0.350 e. The van der Waals surface area contributed by atoms with Gasteiger partial charge in [-0.25, -0.2) is 24.6 Å². The lowest BCUT2D eigenvalue weighted by molar-refractivity contribution is 0.0953. The lowest BCUT2D eigenvalue weighted by atomic mass is 10.2. The van der Waals surface area contributed by atoms with Crippen LogP contribution in [0.2, 0.25) is 0 Å². The van der Waals surface area contributed by atoms with Crippen molar-refractivity contribution in [3.8, 4) is 0 Å². The number of aromatic nitrogens is 2. The highest BCUT2D eigenvalue weighted by molar-refractivity contribution is 5.93. The van der Waals surface area contributed by atoms with Crippen LogP contribution < -0.4 is 16.6 Å². The van der Waals surface area contributed by atoms with Crippen molar-refractivity contribution in [2.75, 3.05) is 5.32 Å². The molecule has 0 bridgehead atoms. The Hall–Kier alpha value is -2.61. The maximum absolute atomic E-state index is 13.0. The average molecular weight is 279 g/mol. The lowest BCUT2D eigenvalue weighted by Crippen LogP contribution is -2.30. The van der Waals surface area contributed by atoms with Gasteiger partial charge in [0, 0.05) is 18.9 Å². The van der Waals surface area contributed by atoms with Crippen molar-refractivity contribution in [3.05, 3.63) is 53.4 Å². The maximum Gasteiger partial charge on any atom is 0.268 e. The number of rotatable bonds is 4. The third kappa shape index (κ3) is 3.23. The van der Waals surface area contributed by atoms with Crippen molar-refractivity contribution in [1.82, 2.24) is 15.4 Å². The van der Waals surface area contributed by atoms with Gasteiger partial charge in [-0.3, -0.25) is 10.2 Å². The number of amides is 1. The van der Waals surface area contributed by atoms with Crippen LogP contribution in [0, 0.1) is 11.6 Å². The molecule has 0 fully saturated rings. The number of nitrogens with one attached hydrogen (secondary N) is 2. The fraction of sp³-hybridized carbons (Fsp3) is 0.0833. The van der Waals surface area contributed by atoms with Crippen LogP contribution in [0.1, 0.15) is 15.9 Å². The molecule has 104 valence electrons. The van der Waals surface area contributed by atoms with Gasteiger partial charge in [0.2, 0.25) is 5.95 Å². The van der Waals surface area contributed by atoms with Crippen molar-refractivity contribution >= 4 is 11.9 Å². The molecule has 4 N–H and O–H groups in total. The number of nitrogen functional groups attached to an aromatic ring is 1. The first kappa shape index (κ1) is 13.8. The van der Waals surface area contributed by atoms with Crippen molar-refractivity contribution in [2.45, 2.75) is 6.54 Å². The molecule has 8 heteroatoms. The smallest absolute Gasteiger partial charge is 0.268 e. The summed E-state index contributed by atoms with van der Waals surface area (Å²) in [6, 6.07) is 3.57. The summed E-state index contributed by atoms with van der Waals surface area (Å²) in [5.41, 5.74) is 2.71. The maximum atomic E-state index is 13.0. The van der Waals surface area contributed by atoms with Crippen LogP contribution in [-0.2, 0) is 6.54 Å². The van der Waals surface area contributed by atoms with E-state index in [4.69, 9.17) is 5.84 Å². The number of anilines is 1. The van der Waals surface area contributed by atoms with Gasteiger partial charge in [0.1, 0.15) is 0 Å². The molecule has 2 aromatic rings. The molecule has 2 rings (SSSR count). The molecule has 0 aliphatic rings. The summed E-state index contributed by atoms with van der Waals surface area (Å²) in [5, 5.41) is 2.82. The molecular weight excluding hydrogens is 268 g/mol. The van der Waals surface area contributed by atoms with Crippen LogP contribution in [0.25, 0.3) is 0 Å². The first-order chi connectivity index (χ1) is 9.60. The molecule has 1 aromatic heterocycles. The Morgan fingerprint density at radius 2 is 1.90 bits per heavy atom. The van der Waals surface area contributed by atoms with E-state index in [0.717, 1.165) is 12.1 Å². The first-order valence-corrected chi connectivity index (χ1v) is 5.61. The van der Waals surface area contributed by atoms with Crippen molar-refractivity contribution in [3.63, 3.8) is 0 Å². The van der Waals surface area contributed by atoms with Gasteiger partial charge in [-0.15, -0.1) is 0 Å². The van der Waals surface area contributed by atoms with Crippen molar-refractivity contribution in [1.29, 1.82) is 0 Å². The van der Waals surface area contributed by atoms with E-state index in [2.05, 4.69) is 15.3 Å². The van der Waals surface area contributed by atoms with Gasteiger partial charge >= 0.3 is 0 Å². The molecule has 6 nitrogen and oxygen atoms in total. The SMILES string of the molecule is NNC(=O)c1cnc(NCc2ccc(F)c(F)c2)nc1. The fourth-order valence-electron chi connectivity index (χ4n) is 1.45. The van der Waals surface area contributed by atoms with E-state index in [1.54, 1.807) is 0 Å². The number of hydrogen-bond acceptors (Lipinski definition) is 5. The first-order valence-electron chi connectivity index (χ1n) is 5.61. The van der Waals surface area contributed by atoms with E-state index >= 15 is 0 Å². The number of benzene rings is 1. The number of carbonyl (C=O) groups excluding carboxylic acids is 1. The summed E-state index contributed by atoms with van der Waals surface area (Å²) in [5.74, 6) is 2.90. The Morgan fingerprint density at radius 1 is 1.20 bits per heavy atom. The Bertz CT molecular complexity index is 618. The Morgan fingerprint density at radius 3 is 2.50 bits per heavy atom. The number of nitrogens with two attached hydrogens (primary N) is 1. The molecule has 0 aliphatic carbocycles. The molecule has 0 saturated carbocycles. The Labute approximate surface area is 113 Å². The van der Waals surface area contributed by atoms with Crippen LogP contribution in [0.3, 0.4) is 0 Å². The van der Waals surface area contributed by atoms with Gasteiger partial charge in [-0.05, 0) is 17.7 Å². The predicted octanol–water partition coefficient (Wildman–Crippen LogP) is 0.970. The molecule has 1 aromatic carbocycles. The molecule has 1 heterocycles. The van der Waals surface area contributed by atoms with Gasteiger partial charge in [0.15, 0.2) is 11.6 Å². The molecule has 0 aliphatic heterocycles. The third-order valence-corrected chi connectivity index (χ3v) is 2.48. The molecule has 0 unspecified atom stereocenters. The van der Waals surface area contributed by atoms with E-state index in [1.165, 1.54) is 18.5 Å². The summed E-state index contributed by atoms with van der Waals surface area (Å²) in [7, 11) is 0. The molecule has 0 saturated heterocycles. The summed E-state index contributed by atoms with van der Waals surface area (Å²) in [4.78, 5) is 19.0. The zero-order valence-corrected chi connectivity index (χ0v) is 10.2. The molecule has 0 spiro atoms. The van der Waals surface area contributed by atoms with E-state index in [9.17, 15) is 13.6 Å². The summed E-state index contributed by atoms with van der Waals surface area (Å²) in [6.07, 6.45) is 2.59. The second-order valence-corrected chi connectivity index (χ2v) is 3.87. The average Bonchev–Trinajstić information content (AvgIpc) is 2.48. The fourth-order valence-corrected chi connectivity index (χ4v) is 1.45. The monoisotopic (exact) mass is 279 g/mol. The lowest BCUT2D eigenvalue weighted by Gasteiger charge is -2.05. The number of carbonyl (C=O) groups is 1. The van der Waals surface area contributed by atoms with Crippen LogP contribution >= 0.6 is 0 Å². The largest absolute Gasteiger partial charge is 0.350 e. The Balaban J connectivity index is 2.00. The predicted molar refractivity (Wildman–Crippen MR) is 67.4 cm³/mol. The highest BCUT2D eigenvalue weighted by Gasteiger charge is 2.06. The molecule has 1 amide bonds. The molecular formula is C12H11F2N5O. The highest BCUT2D eigenvalue weighted by atomic mass is 19.2. The summed E-state index contributed by atoms with van der Waals surface area (Å²) in [6.45, 7) is 0.222. The van der Waals surface area contributed by atoms with Crippen LogP contribution in [0.5, 0.6) is 0 Å². The molecule has 0 radical (unpaired) electrons. The molecule has 20 heavy (non-hydrogen) atoms. The van der Waals surface area contributed by atoms with E-state index in [1.807, 2.05) is 5.43 Å². The van der Waals surface area contributed by atoms with Gasteiger partial charge in [-0.2, -0.15) is 0 Å². The van der Waals surface area contributed by atoms with Gasteiger partial charge in [-0.1, -0.05) is 6.07 Å². The van der Waals surface area contributed by atoms with Crippen LogP contribution in [0.15, 0.2) is 30.6 Å². The van der Waals surface area contributed by atoms with Crippen molar-refractivity contribution in [2.24, 2.45) is 5.84 Å². The number of nitrogens with zero attached hydrogens (tertiary/aromatic N) is 2. The van der Waals surface area contributed by atoms with Crippen molar-refractivity contribution < 1.29 is 13.6 Å². The van der Waals surface area contributed by atoms with E-state index < -0.39 is 17.5 Å². The number of halogens is 2. The zero-order chi connectivity index (χ0) is 14.5. The standard InChI is InChI=1S/C12H11F2N5O/c13-9-2-1-7(3-10(9)14)4-16-12-17-5-8(6-18-12)11(20)19-15/h1-3,5-6H,4,15H2,(H,19,20)(H,16,17,18). The molecule has 0 atom stereocenters. The topological polar surface area (TPSA) is 92.9 Å². The normalized spacial score (nSPS) is 10.2. The number of hydrogen-bond donors (Lipinski definition) is 3. The second-order valence-electron chi connectivity index (χ2n) is 3.87. The summed E-state index contributed by atoms with van der Waals surface area (Å²) < 4.78 is 25.7. The van der Waals surface area contributed by atoms with Gasteiger partial charge in [0.05, 0.1) is 5.56 Å². The Kier molecular flexibility index (Phi) is 4.16. The highest BCUT2D eigenvalue weighted by Crippen LogP contribution is 2.10. The summed E-state index contributed by atoms with van der Waals surface area (Å²) >= 11 is 0. The van der Waals surface area contributed by atoms with E-state index in [0.29, 0.717) is 5.56 Å². The zero-order valence-electron chi connectivity index (χ0n) is 10.2. The quantitative estimate of drug-likeness (QED) is 0.440. The minimum absolute atomic E-state index is 0.214. The minimum atomic E-state index is -0.916. The third-order valence-electron chi connectivity index (χ3n) is 2.48. The van der Waals surface area contributed by atoms with Crippen LogP contribution in [-0.4, -0.2) is 15.9 Å². The van der Waals surface area contributed by atoms with Gasteiger partial charge < -0.3 is 5.32 Å². The van der Waals surface area contributed by atoms with Crippen LogP contribution in [0.4, 0.5) is 14.7 Å². The second kappa shape index (κ2) is 6.02. The van der Waals surface area contributed by atoms with E-state index in [-0.39, 0.29) is 18.1 Å². The van der Waals surface area contributed by atoms with Gasteiger partial charge in [0.25, 0.3) is 5.91 Å². The number of hydrazine groups is 1.